The molecule has 0 spiro atoms. The second-order valence-corrected chi connectivity index (χ2v) is 3.26. The molecule has 8 nitrogen and oxygen atoms in total. The molecular formula is C8H10N6O2. The fraction of sp³-hybridized carbons (Fsp3) is 0.375. The van der Waals surface area contributed by atoms with Gasteiger partial charge < -0.3 is 5.11 Å². The van der Waals surface area contributed by atoms with E-state index in [0.717, 1.165) is 0 Å². The van der Waals surface area contributed by atoms with E-state index in [1.165, 1.54) is 12.5 Å². The van der Waals surface area contributed by atoms with E-state index in [0.29, 0.717) is 18.7 Å². The molecule has 1 N–H and O–H groups in total. The van der Waals surface area contributed by atoms with E-state index in [9.17, 15) is 4.79 Å². The number of aryl methyl sites for hydroxylation is 2. The molecule has 0 aliphatic heterocycles. The number of hydrogen-bond donors (Lipinski definition) is 1. The van der Waals surface area contributed by atoms with Crippen LogP contribution >= 0.6 is 0 Å². The maximum absolute atomic E-state index is 10.9. The van der Waals surface area contributed by atoms with Crippen molar-refractivity contribution in [1.29, 1.82) is 0 Å². The summed E-state index contributed by atoms with van der Waals surface area (Å²) in [4.78, 5) is 10.9. The quantitative estimate of drug-likeness (QED) is 0.737. The predicted molar refractivity (Wildman–Crippen MR) is 51.7 cm³/mol. The third kappa shape index (κ3) is 1.90. The van der Waals surface area contributed by atoms with Gasteiger partial charge in [0.15, 0.2) is 0 Å². The van der Waals surface area contributed by atoms with Gasteiger partial charge in [-0.2, -0.15) is 5.10 Å². The van der Waals surface area contributed by atoms with Crippen LogP contribution < -0.4 is 0 Å². The van der Waals surface area contributed by atoms with E-state index >= 15 is 0 Å². The van der Waals surface area contributed by atoms with Crippen molar-refractivity contribution in [3.63, 3.8) is 0 Å². The van der Waals surface area contributed by atoms with Gasteiger partial charge in [0.2, 0.25) is 0 Å². The molecule has 0 saturated carbocycles. The average Bonchev–Trinajstić information content (AvgIpc) is 2.84. The van der Waals surface area contributed by atoms with Crippen molar-refractivity contribution in [3.8, 4) is 0 Å². The number of carboxylic acids is 1. The van der Waals surface area contributed by atoms with Gasteiger partial charge in [-0.15, -0.1) is 5.10 Å². The molecule has 2 aromatic heterocycles. The van der Waals surface area contributed by atoms with Crippen molar-refractivity contribution in [3.05, 3.63) is 23.8 Å². The highest BCUT2D eigenvalue weighted by Crippen LogP contribution is 2.08. The summed E-state index contributed by atoms with van der Waals surface area (Å²) in [7, 11) is 1.71. The zero-order chi connectivity index (χ0) is 11.5. The van der Waals surface area contributed by atoms with Crippen LogP contribution in [0, 0.1) is 0 Å². The van der Waals surface area contributed by atoms with Crippen LogP contribution in [0.5, 0.6) is 0 Å². The fourth-order valence-corrected chi connectivity index (χ4v) is 1.44. The van der Waals surface area contributed by atoms with Gasteiger partial charge in [-0.3, -0.25) is 4.68 Å². The molecule has 0 amide bonds. The van der Waals surface area contributed by atoms with E-state index < -0.39 is 5.97 Å². The van der Waals surface area contributed by atoms with Crippen molar-refractivity contribution in [2.45, 2.75) is 13.0 Å². The Morgan fingerprint density at radius 3 is 3.00 bits per heavy atom. The van der Waals surface area contributed by atoms with Gasteiger partial charge in [0.1, 0.15) is 11.9 Å². The van der Waals surface area contributed by atoms with Crippen LogP contribution in [0.4, 0.5) is 0 Å². The molecular weight excluding hydrogens is 212 g/mol. The Labute approximate surface area is 90.5 Å². The second-order valence-electron chi connectivity index (χ2n) is 3.26. The zero-order valence-corrected chi connectivity index (χ0v) is 8.61. The van der Waals surface area contributed by atoms with E-state index in [-0.39, 0.29) is 5.56 Å². The molecule has 2 aromatic rings. The van der Waals surface area contributed by atoms with Crippen LogP contribution in [0.2, 0.25) is 0 Å². The minimum atomic E-state index is -0.972. The summed E-state index contributed by atoms with van der Waals surface area (Å²) in [5.74, 6) is -0.972. The number of tetrazole rings is 1. The highest BCUT2D eigenvalue weighted by molar-refractivity contribution is 5.88. The summed E-state index contributed by atoms with van der Waals surface area (Å²) >= 11 is 0. The van der Waals surface area contributed by atoms with Crippen LogP contribution in [0.25, 0.3) is 0 Å². The lowest BCUT2D eigenvalue weighted by Crippen LogP contribution is -2.09. The molecule has 0 fully saturated rings. The van der Waals surface area contributed by atoms with Gasteiger partial charge in [0.25, 0.3) is 0 Å². The molecule has 0 aliphatic carbocycles. The van der Waals surface area contributed by atoms with Crippen molar-refractivity contribution in [2.75, 3.05) is 0 Å². The molecule has 0 unspecified atom stereocenters. The van der Waals surface area contributed by atoms with E-state index in [4.69, 9.17) is 5.11 Å². The maximum atomic E-state index is 10.9. The SMILES string of the molecule is Cn1ncc(C(=O)O)c1CCn1cnnn1. The van der Waals surface area contributed by atoms with Crippen LogP contribution in [-0.4, -0.2) is 41.1 Å². The largest absolute Gasteiger partial charge is 0.478 e. The number of rotatable bonds is 4. The Bertz CT molecular complexity index is 489. The molecule has 0 saturated heterocycles. The minimum Gasteiger partial charge on any atom is -0.478 e. The Morgan fingerprint density at radius 1 is 1.56 bits per heavy atom. The van der Waals surface area contributed by atoms with Crippen LogP contribution in [0.15, 0.2) is 12.5 Å². The summed E-state index contributed by atoms with van der Waals surface area (Å²) < 4.78 is 3.09. The Kier molecular flexibility index (Phi) is 2.63. The lowest BCUT2D eigenvalue weighted by atomic mass is 10.2. The van der Waals surface area contributed by atoms with Crippen molar-refractivity contribution in [2.24, 2.45) is 7.05 Å². The summed E-state index contributed by atoms with van der Waals surface area (Å²) in [6, 6.07) is 0. The highest BCUT2D eigenvalue weighted by atomic mass is 16.4. The summed E-state index contributed by atoms with van der Waals surface area (Å²) in [5, 5.41) is 23.5. The van der Waals surface area contributed by atoms with Crippen molar-refractivity contribution >= 4 is 5.97 Å². The Balaban J connectivity index is 2.14. The number of aromatic carboxylic acids is 1. The highest BCUT2D eigenvalue weighted by Gasteiger charge is 2.14. The molecule has 0 radical (unpaired) electrons. The topological polar surface area (TPSA) is 98.7 Å². The molecule has 0 bridgehead atoms. The second kappa shape index (κ2) is 4.09. The van der Waals surface area contributed by atoms with E-state index in [2.05, 4.69) is 20.6 Å². The van der Waals surface area contributed by atoms with Gasteiger partial charge in [0.05, 0.1) is 18.4 Å². The Morgan fingerprint density at radius 2 is 2.38 bits per heavy atom. The summed E-state index contributed by atoms with van der Waals surface area (Å²) in [5.41, 5.74) is 0.874. The number of carboxylic acid groups (broad SMARTS) is 1. The van der Waals surface area contributed by atoms with Gasteiger partial charge in [-0.05, 0) is 10.4 Å². The van der Waals surface area contributed by atoms with Crippen LogP contribution in [0.3, 0.4) is 0 Å². The summed E-state index contributed by atoms with van der Waals surface area (Å²) in [6.07, 6.45) is 3.34. The lowest BCUT2D eigenvalue weighted by Gasteiger charge is -2.03. The van der Waals surface area contributed by atoms with E-state index in [1.54, 1.807) is 16.4 Å². The first-order valence-electron chi connectivity index (χ1n) is 4.63. The van der Waals surface area contributed by atoms with E-state index in [1.807, 2.05) is 0 Å². The standard InChI is InChI=1S/C8H10N6O2/c1-13-7(6(4-10-13)8(15)16)2-3-14-5-9-11-12-14/h4-5H,2-3H2,1H3,(H,15,16). The number of aromatic nitrogens is 6. The average molecular weight is 222 g/mol. The van der Waals surface area contributed by atoms with Gasteiger partial charge >= 0.3 is 5.97 Å². The molecule has 84 valence electrons. The van der Waals surface area contributed by atoms with Crippen molar-refractivity contribution < 1.29 is 9.90 Å². The molecule has 0 aliphatic rings. The third-order valence-electron chi connectivity index (χ3n) is 2.26. The number of carbonyl (C=O) groups is 1. The van der Waals surface area contributed by atoms with Crippen LogP contribution in [0.1, 0.15) is 16.1 Å². The molecule has 8 heteroatoms. The maximum Gasteiger partial charge on any atom is 0.339 e. The molecule has 2 heterocycles. The van der Waals surface area contributed by atoms with Gasteiger partial charge in [0, 0.05) is 13.5 Å². The van der Waals surface area contributed by atoms with Crippen molar-refractivity contribution in [1.82, 2.24) is 30.0 Å². The predicted octanol–water partition coefficient (Wildman–Crippen LogP) is -0.653. The minimum absolute atomic E-state index is 0.218. The third-order valence-corrected chi connectivity index (χ3v) is 2.26. The summed E-state index contributed by atoms with van der Waals surface area (Å²) in [6.45, 7) is 0.521. The fourth-order valence-electron chi connectivity index (χ4n) is 1.44. The molecule has 0 atom stereocenters. The number of nitrogens with zero attached hydrogens (tertiary/aromatic N) is 6. The first-order valence-corrected chi connectivity index (χ1v) is 4.63. The monoisotopic (exact) mass is 222 g/mol. The van der Waals surface area contributed by atoms with Gasteiger partial charge in [-0.1, -0.05) is 0 Å². The Hall–Kier alpha value is -2.25. The van der Waals surface area contributed by atoms with Crippen LogP contribution in [-0.2, 0) is 20.0 Å². The number of hydrogen-bond acceptors (Lipinski definition) is 5. The normalized spacial score (nSPS) is 10.6. The zero-order valence-electron chi connectivity index (χ0n) is 8.61. The first-order chi connectivity index (χ1) is 7.68. The first kappa shape index (κ1) is 10.3. The molecule has 0 aromatic carbocycles. The smallest absolute Gasteiger partial charge is 0.339 e. The van der Waals surface area contributed by atoms with Gasteiger partial charge in [-0.25, -0.2) is 9.48 Å². The lowest BCUT2D eigenvalue weighted by molar-refractivity contribution is 0.0695. The molecule has 2 rings (SSSR count). The molecule has 16 heavy (non-hydrogen) atoms.